The van der Waals surface area contributed by atoms with Crippen LogP contribution in [0.2, 0.25) is 0 Å². The van der Waals surface area contributed by atoms with Crippen molar-refractivity contribution in [2.45, 2.75) is 69.4 Å². The van der Waals surface area contributed by atoms with Gasteiger partial charge in [-0.05, 0) is 73.6 Å². The molecule has 1 aliphatic carbocycles. The molecule has 45 heavy (non-hydrogen) atoms. The zero-order valence-corrected chi connectivity index (χ0v) is 25.6. The number of hydrogen-bond donors (Lipinski definition) is 0. The lowest BCUT2D eigenvalue weighted by atomic mass is 9.85. The number of sulfonamides is 1. The third-order valence-electron chi connectivity index (χ3n) is 8.41. The van der Waals surface area contributed by atoms with Gasteiger partial charge in [-0.2, -0.15) is 9.57 Å². The molecule has 0 radical (unpaired) electrons. The number of alkyl halides is 2. The van der Waals surface area contributed by atoms with Gasteiger partial charge in [-0.25, -0.2) is 22.2 Å². The Bertz CT molecular complexity index is 1970. The monoisotopic (exact) mass is 636 g/mol. The van der Waals surface area contributed by atoms with Gasteiger partial charge in [0.05, 0.1) is 25.1 Å². The van der Waals surface area contributed by atoms with E-state index in [1.165, 1.54) is 27.2 Å². The third kappa shape index (κ3) is 5.62. The zero-order chi connectivity index (χ0) is 32.1. The van der Waals surface area contributed by atoms with Gasteiger partial charge >= 0.3 is 5.97 Å². The molecule has 1 unspecified atom stereocenters. The fourth-order valence-electron chi connectivity index (χ4n) is 5.78. The lowest BCUT2D eigenvalue weighted by molar-refractivity contribution is -0.143. The van der Waals surface area contributed by atoms with Gasteiger partial charge in [-0.1, -0.05) is 18.2 Å². The highest BCUT2D eigenvalue weighted by Crippen LogP contribution is 2.46. The predicted octanol–water partition coefficient (Wildman–Crippen LogP) is 4.75. The number of carbonyl (C=O) groups excluding carboxylic acids is 1. The summed E-state index contributed by atoms with van der Waals surface area (Å²) in [7, 11) is -4.10. The molecule has 1 atom stereocenters. The van der Waals surface area contributed by atoms with Crippen LogP contribution in [-0.2, 0) is 26.1 Å². The van der Waals surface area contributed by atoms with E-state index < -0.39 is 39.8 Å². The molecule has 11 nitrogen and oxygen atoms in total. The van der Waals surface area contributed by atoms with Crippen LogP contribution in [0, 0.1) is 25.2 Å². The first-order valence-corrected chi connectivity index (χ1v) is 15.9. The first-order chi connectivity index (χ1) is 21.5. The molecule has 4 aromatic rings. The Balaban J connectivity index is 1.41. The van der Waals surface area contributed by atoms with E-state index in [2.05, 4.69) is 15.2 Å². The topological polar surface area (TPSA) is 140 Å². The van der Waals surface area contributed by atoms with Gasteiger partial charge in [0.2, 0.25) is 21.7 Å². The minimum atomic E-state index is -4.10. The molecule has 6 rings (SSSR count). The fraction of sp³-hybridized carbons (Fsp3) is 0.387. The van der Waals surface area contributed by atoms with Gasteiger partial charge in [0.25, 0.3) is 6.43 Å². The molecule has 0 N–H and O–H groups in total. The van der Waals surface area contributed by atoms with Crippen molar-refractivity contribution < 1.29 is 31.5 Å². The lowest BCUT2D eigenvalue weighted by Crippen LogP contribution is -2.38. The number of nitriles is 1. The minimum absolute atomic E-state index is 0.00933. The van der Waals surface area contributed by atoms with Crippen molar-refractivity contribution in [3.05, 3.63) is 81.9 Å². The number of pyridine rings is 2. The molecule has 1 fully saturated rings. The van der Waals surface area contributed by atoms with Crippen LogP contribution in [0.5, 0.6) is 5.88 Å². The first kappa shape index (κ1) is 30.5. The summed E-state index contributed by atoms with van der Waals surface area (Å²) in [6, 6.07) is 10.5. The number of rotatable bonds is 8. The standard InChI is InChI=1S/C31H30F2N6O5S/c1-4-43-26(40)13-24(23-7-10-39-28(19(23)3)36-37-29(39)27(32)33)21-6-5-18(2)22(12-21)16-38-17-31(8-9-31)44-30-25(45(38,41)42)11-20(14-34)15-35-30/h5-7,10-12,15,24,27H,4,8-9,13,16-17H2,1-3H3. The summed E-state index contributed by atoms with van der Waals surface area (Å²) in [6.07, 6.45) is 1.23. The number of benzene rings is 1. The maximum atomic E-state index is 14.0. The predicted molar refractivity (Wildman–Crippen MR) is 156 cm³/mol. The Morgan fingerprint density at radius 1 is 1.20 bits per heavy atom. The minimum Gasteiger partial charge on any atom is -0.469 e. The van der Waals surface area contributed by atoms with E-state index >= 15 is 0 Å². The number of carbonyl (C=O) groups is 1. The van der Waals surface area contributed by atoms with Crippen molar-refractivity contribution in [2.75, 3.05) is 13.2 Å². The Morgan fingerprint density at radius 3 is 2.67 bits per heavy atom. The molecule has 1 aliphatic heterocycles. The van der Waals surface area contributed by atoms with E-state index in [1.807, 2.05) is 31.2 Å². The van der Waals surface area contributed by atoms with Gasteiger partial charge in [0.1, 0.15) is 16.6 Å². The number of halogens is 2. The maximum absolute atomic E-state index is 14.0. The number of esters is 1. The largest absolute Gasteiger partial charge is 0.469 e. The molecule has 0 saturated heterocycles. The summed E-state index contributed by atoms with van der Waals surface area (Å²) in [5.41, 5.74) is 3.15. The maximum Gasteiger partial charge on any atom is 0.306 e. The smallest absolute Gasteiger partial charge is 0.306 e. The molecule has 4 heterocycles. The number of aryl methyl sites for hydroxylation is 2. The van der Waals surface area contributed by atoms with Gasteiger partial charge in [-0.3, -0.25) is 9.20 Å². The van der Waals surface area contributed by atoms with Crippen molar-refractivity contribution in [1.29, 1.82) is 5.26 Å². The van der Waals surface area contributed by atoms with Gasteiger partial charge < -0.3 is 9.47 Å². The van der Waals surface area contributed by atoms with Crippen molar-refractivity contribution in [2.24, 2.45) is 0 Å². The van der Waals surface area contributed by atoms with E-state index in [-0.39, 0.29) is 48.1 Å². The Morgan fingerprint density at radius 2 is 1.98 bits per heavy atom. The van der Waals surface area contributed by atoms with Crippen LogP contribution in [-0.4, -0.2) is 57.0 Å². The Labute approximate surface area is 258 Å². The summed E-state index contributed by atoms with van der Waals surface area (Å²) in [4.78, 5) is 16.8. The van der Waals surface area contributed by atoms with Crippen molar-refractivity contribution >= 4 is 21.6 Å². The van der Waals surface area contributed by atoms with Crippen LogP contribution in [0.3, 0.4) is 0 Å². The van der Waals surface area contributed by atoms with Crippen molar-refractivity contribution in [1.82, 2.24) is 23.9 Å². The van der Waals surface area contributed by atoms with E-state index in [4.69, 9.17) is 9.47 Å². The zero-order valence-electron chi connectivity index (χ0n) is 24.8. The van der Waals surface area contributed by atoms with Gasteiger partial charge in [-0.15, -0.1) is 10.2 Å². The van der Waals surface area contributed by atoms with E-state index in [1.54, 1.807) is 19.9 Å². The first-order valence-electron chi connectivity index (χ1n) is 14.4. The fourth-order valence-corrected chi connectivity index (χ4v) is 7.37. The summed E-state index contributed by atoms with van der Waals surface area (Å²) in [5.74, 6) is -1.49. The van der Waals surface area contributed by atoms with Crippen LogP contribution >= 0.6 is 0 Å². The van der Waals surface area contributed by atoms with Crippen molar-refractivity contribution in [3.63, 3.8) is 0 Å². The van der Waals surface area contributed by atoms with E-state index in [9.17, 15) is 27.3 Å². The second-order valence-corrected chi connectivity index (χ2v) is 13.3. The highest BCUT2D eigenvalue weighted by molar-refractivity contribution is 7.89. The molecule has 0 bridgehead atoms. The lowest BCUT2D eigenvalue weighted by Gasteiger charge is -2.25. The summed E-state index contributed by atoms with van der Waals surface area (Å²) >= 11 is 0. The molecule has 1 spiro atoms. The molecule has 3 aromatic heterocycles. The quantitative estimate of drug-likeness (QED) is 0.251. The highest BCUT2D eigenvalue weighted by Gasteiger charge is 2.52. The molecule has 0 amide bonds. The van der Waals surface area contributed by atoms with Crippen LogP contribution < -0.4 is 4.74 Å². The van der Waals surface area contributed by atoms with Gasteiger partial charge in [0, 0.05) is 24.9 Å². The summed E-state index contributed by atoms with van der Waals surface area (Å²) in [6.45, 7) is 5.62. The number of nitrogens with zero attached hydrogens (tertiary/aromatic N) is 6. The van der Waals surface area contributed by atoms with E-state index in [0.29, 0.717) is 35.1 Å². The van der Waals surface area contributed by atoms with Crippen LogP contribution in [0.25, 0.3) is 5.65 Å². The normalized spacial score (nSPS) is 17.4. The molecular formula is C31H30F2N6O5S. The summed E-state index contributed by atoms with van der Waals surface area (Å²) < 4.78 is 68.9. The molecule has 1 aromatic carbocycles. The van der Waals surface area contributed by atoms with Crippen molar-refractivity contribution in [3.8, 4) is 11.9 Å². The highest BCUT2D eigenvalue weighted by atomic mass is 32.2. The second kappa shape index (κ2) is 11.5. The molecule has 234 valence electrons. The van der Waals surface area contributed by atoms with Crippen LogP contribution in [0.1, 0.15) is 77.7 Å². The van der Waals surface area contributed by atoms with Crippen LogP contribution in [0.4, 0.5) is 8.78 Å². The van der Waals surface area contributed by atoms with E-state index in [0.717, 1.165) is 5.56 Å². The second-order valence-electron chi connectivity index (χ2n) is 11.4. The summed E-state index contributed by atoms with van der Waals surface area (Å²) in [5, 5.41) is 17.0. The molecule has 14 heteroatoms. The number of hydrogen-bond acceptors (Lipinski definition) is 9. The number of ether oxygens (including phenoxy) is 2. The van der Waals surface area contributed by atoms with Crippen LogP contribution in [0.15, 0.2) is 47.6 Å². The molecule has 2 aliphatic rings. The average Bonchev–Trinajstić information content (AvgIpc) is 3.63. The Hall–Kier alpha value is -4.48. The third-order valence-corrected chi connectivity index (χ3v) is 10.2. The molecule has 1 saturated carbocycles. The number of aromatic nitrogens is 4. The molecular weight excluding hydrogens is 606 g/mol. The SMILES string of the molecule is CCOC(=O)CC(c1ccc(C)c(CN2CC3(CC3)Oc3ncc(C#N)cc3S2(=O)=O)c1)c1ccn2c(C(F)F)nnc2c1C. The number of fused-ring (bicyclic) bond motifs is 2. The van der Waals surface area contributed by atoms with Gasteiger partial charge in [0.15, 0.2) is 5.65 Å². The Kier molecular flexibility index (Phi) is 7.78. The average molecular weight is 637 g/mol.